The average Bonchev–Trinajstić information content (AvgIpc) is 2.84. The molecule has 102 valence electrons. The number of benzene rings is 1. The fourth-order valence-corrected chi connectivity index (χ4v) is 1.65. The van der Waals surface area contributed by atoms with Gasteiger partial charge in [0.25, 0.3) is 5.56 Å². The van der Waals surface area contributed by atoms with Crippen molar-refractivity contribution in [1.29, 1.82) is 0 Å². The molecule has 5 heteroatoms. The predicted octanol–water partition coefficient (Wildman–Crippen LogP) is 1.80. The van der Waals surface area contributed by atoms with Crippen LogP contribution in [0.15, 0.2) is 35.1 Å². The van der Waals surface area contributed by atoms with Crippen molar-refractivity contribution in [2.45, 2.75) is 13.8 Å². The Morgan fingerprint density at radius 2 is 1.89 bits per heavy atom. The number of H-pyrrole nitrogens is 2. The number of aliphatic hydroxyl groups is 1. The summed E-state index contributed by atoms with van der Waals surface area (Å²) in [6.07, 6.45) is 0. The fourth-order valence-electron chi connectivity index (χ4n) is 1.65. The van der Waals surface area contributed by atoms with Crippen LogP contribution in [0.25, 0.3) is 11.3 Å². The summed E-state index contributed by atoms with van der Waals surface area (Å²) < 4.78 is 0. The Morgan fingerprint density at radius 1 is 1.21 bits per heavy atom. The monoisotopic (exact) mass is 261 g/mol. The van der Waals surface area contributed by atoms with Gasteiger partial charge in [-0.1, -0.05) is 26.0 Å². The number of aromatic nitrogens is 2. The molecule has 1 aromatic heterocycles. The number of hydrogen-bond acceptors (Lipinski definition) is 3. The smallest absolute Gasteiger partial charge is 0.264 e. The molecule has 5 nitrogen and oxygen atoms in total. The minimum absolute atomic E-state index is 0.137. The van der Waals surface area contributed by atoms with Crippen LogP contribution in [0.1, 0.15) is 13.8 Å². The molecule has 0 aliphatic heterocycles. The number of rotatable bonds is 5. The first-order valence-corrected chi connectivity index (χ1v) is 6.23. The standard InChI is InChI=1S/C14H19N3O2/c1-14(2,9-18)8-15-11-5-3-10(4-6-11)12-7-13(19)17-16-12/h3-7,15,18H,8-9H2,1-2H3,(H2,16,17,19). The van der Waals surface area contributed by atoms with Gasteiger partial charge in [-0.2, -0.15) is 0 Å². The molecule has 4 N–H and O–H groups in total. The Labute approximate surface area is 111 Å². The summed E-state index contributed by atoms with van der Waals surface area (Å²) in [6.45, 7) is 4.84. The summed E-state index contributed by atoms with van der Waals surface area (Å²) in [5.41, 5.74) is 2.42. The van der Waals surface area contributed by atoms with Gasteiger partial charge in [0.2, 0.25) is 0 Å². The maximum atomic E-state index is 11.1. The van der Waals surface area contributed by atoms with E-state index in [1.54, 1.807) is 0 Å². The summed E-state index contributed by atoms with van der Waals surface area (Å²) in [5.74, 6) is 0. The van der Waals surface area contributed by atoms with Crippen LogP contribution in [0.5, 0.6) is 0 Å². The van der Waals surface area contributed by atoms with Gasteiger partial charge in [0, 0.05) is 30.3 Å². The molecule has 1 heterocycles. The van der Waals surface area contributed by atoms with Crippen LogP contribution < -0.4 is 10.9 Å². The van der Waals surface area contributed by atoms with Crippen molar-refractivity contribution in [2.24, 2.45) is 5.41 Å². The second kappa shape index (κ2) is 5.32. The molecule has 0 spiro atoms. The highest BCUT2D eigenvalue weighted by atomic mass is 16.3. The van der Waals surface area contributed by atoms with Gasteiger partial charge in [-0.15, -0.1) is 0 Å². The molecule has 0 saturated heterocycles. The number of nitrogens with one attached hydrogen (secondary N) is 3. The Balaban J connectivity index is 2.05. The Kier molecular flexibility index (Phi) is 3.76. The molecule has 2 aromatic rings. The van der Waals surface area contributed by atoms with E-state index in [0.717, 1.165) is 16.9 Å². The van der Waals surface area contributed by atoms with Crippen molar-refractivity contribution >= 4 is 5.69 Å². The zero-order valence-electron chi connectivity index (χ0n) is 11.2. The van der Waals surface area contributed by atoms with Gasteiger partial charge in [0.05, 0.1) is 5.69 Å². The maximum Gasteiger partial charge on any atom is 0.264 e. The van der Waals surface area contributed by atoms with E-state index in [1.807, 2.05) is 38.1 Å². The van der Waals surface area contributed by atoms with Crippen molar-refractivity contribution in [2.75, 3.05) is 18.5 Å². The van der Waals surface area contributed by atoms with Gasteiger partial charge < -0.3 is 10.4 Å². The van der Waals surface area contributed by atoms with Crippen LogP contribution in [0, 0.1) is 5.41 Å². The van der Waals surface area contributed by atoms with Gasteiger partial charge in [-0.25, -0.2) is 0 Å². The lowest BCUT2D eigenvalue weighted by Gasteiger charge is -2.22. The molecule has 0 bridgehead atoms. The van der Waals surface area contributed by atoms with Crippen LogP contribution in [0.2, 0.25) is 0 Å². The van der Waals surface area contributed by atoms with Crippen molar-refractivity contribution in [3.63, 3.8) is 0 Å². The second-order valence-electron chi connectivity index (χ2n) is 5.43. The van der Waals surface area contributed by atoms with Crippen molar-refractivity contribution in [3.05, 3.63) is 40.7 Å². The summed E-state index contributed by atoms with van der Waals surface area (Å²) in [7, 11) is 0. The molecular formula is C14H19N3O2. The molecule has 0 aliphatic rings. The molecule has 0 amide bonds. The lowest BCUT2D eigenvalue weighted by Crippen LogP contribution is -2.26. The molecule has 19 heavy (non-hydrogen) atoms. The third-order valence-electron chi connectivity index (χ3n) is 2.99. The van der Waals surface area contributed by atoms with E-state index in [1.165, 1.54) is 6.07 Å². The van der Waals surface area contributed by atoms with E-state index in [0.29, 0.717) is 6.54 Å². The van der Waals surface area contributed by atoms with E-state index in [-0.39, 0.29) is 17.6 Å². The van der Waals surface area contributed by atoms with Crippen molar-refractivity contribution < 1.29 is 5.11 Å². The van der Waals surface area contributed by atoms with Gasteiger partial charge in [-0.3, -0.25) is 15.0 Å². The largest absolute Gasteiger partial charge is 0.396 e. The highest BCUT2D eigenvalue weighted by Gasteiger charge is 2.15. The molecule has 2 rings (SSSR count). The van der Waals surface area contributed by atoms with Gasteiger partial charge in [0.15, 0.2) is 0 Å². The Morgan fingerprint density at radius 3 is 2.42 bits per heavy atom. The number of anilines is 1. The topological polar surface area (TPSA) is 80.9 Å². The zero-order chi connectivity index (χ0) is 13.9. The van der Waals surface area contributed by atoms with E-state index >= 15 is 0 Å². The first kappa shape index (κ1) is 13.4. The SMILES string of the molecule is CC(C)(CO)CNc1ccc(-c2cc(=O)[nH][nH]2)cc1. The molecule has 0 radical (unpaired) electrons. The number of hydrogen-bond donors (Lipinski definition) is 4. The van der Waals surface area contributed by atoms with Gasteiger partial charge in [0.1, 0.15) is 0 Å². The highest BCUT2D eigenvalue weighted by Crippen LogP contribution is 2.20. The maximum absolute atomic E-state index is 11.1. The molecule has 0 atom stereocenters. The first-order chi connectivity index (χ1) is 9.00. The van der Waals surface area contributed by atoms with E-state index in [4.69, 9.17) is 0 Å². The molecule has 0 saturated carbocycles. The zero-order valence-corrected chi connectivity index (χ0v) is 11.2. The van der Waals surface area contributed by atoms with Crippen molar-refractivity contribution in [1.82, 2.24) is 10.2 Å². The molecule has 0 fully saturated rings. The Hall–Kier alpha value is -2.01. The summed E-state index contributed by atoms with van der Waals surface area (Å²) >= 11 is 0. The highest BCUT2D eigenvalue weighted by molar-refractivity contribution is 5.62. The van der Waals surface area contributed by atoms with E-state index in [2.05, 4.69) is 15.5 Å². The summed E-state index contributed by atoms with van der Waals surface area (Å²) in [5, 5.41) is 17.8. The summed E-state index contributed by atoms with van der Waals surface area (Å²) in [6, 6.07) is 9.31. The van der Waals surface area contributed by atoms with E-state index < -0.39 is 0 Å². The number of aliphatic hydroxyl groups excluding tert-OH is 1. The number of aromatic amines is 2. The van der Waals surface area contributed by atoms with Crippen LogP contribution in [0.4, 0.5) is 5.69 Å². The molecule has 0 unspecified atom stereocenters. The molecule has 1 aromatic carbocycles. The second-order valence-corrected chi connectivity index (χ2v) is 5.43. The third kappa shape index (κ3) is 3.48. The minimum atomic E-state index is -0.148. The molecule has 0 aliphatic carbocycles. The average molecular weight is 261 g/mol. The lowest BCUT2D eigenvalue weighted by atomic mass is 9.95. The third-order valence-corrected chi connectivity index (χ3v) is 2.99. The Bertz CT molecular complexity index is 581. The predicted molar refractivity (Wildman–Crippen MR) is 76.2 cm³/mol. The quantitative estimate of drug-likeness (QED) is 0.662. The van der Waals surface area contributed by atoms with Crippen LogP contribution >= 0.6 is 0 Å². The fraction of sp³-hybridized carbons (Fsp3) is 0.357. The summed E-state index contributed by atoms with van der Waals surface area (Å²) in [4.78, 5) is 11.1. The van der Waals surface area contributed by atoms with Gasteiger partial charge >= 0.3 is 0 Å². The van der Waals surface area contributed by atoms with Crippen LogP contribution in [-0.4, -0.2) is 28.5 Å². The minimum Gasteiger partial charge on any atom is -0.396 e. The van der Waals surface area contributed by atoms with E-state index in [9.17, 15) is 9.90 Å². The lowest BCUT2D eigenvalue weighted by molar-refractivity contribution is 0.171. The van der Waals surface area contributed by atoms with Crippen molar-refractivity contribution in [3.8, 4) is 11.3 Å². The normalized spacial score (nSPS) is 11.5. The first-order valence-electron chi connectivity index (χ1n) is 6.23. The van der Waals surface area contributed by atoms with Gasteiger partial charge in [-0.05, 0) is 17.7 Å². The van der Waals surface area contributed by atoms with Crippen LogP contribution in [0.3, 0.4) is 0 Å². The van der Waals surface area contributed by atoms with Crippen LogP contribution in [-0.2, 0) is 0 Å². The molecular weight excluding hydrogens is 242 g/mol.